The van der Waals surface area contributed by atoms with Crippen molar-refractivity contribution < 1.29 is 9.53 Å². The molecule has 1 aliphatic heterocycles. The first-order chi connectivity index (χ1) is 13.4. The number of rotatable bonds is 3. The summed E-state index contributed by atoms with van der Waals surface area (Å²) in [5.41, 5.74) is 3.61. The first kappa shape index (κ1) is 19.4. The first-order valence-electron chi connectivity index (χ1n) is 9.74. The maximum atomic E-state index is 11.2. The van der Waals surface area contributed by atoms with Crippen LogP contribution in [0.1, 0.15) is 24.5 Å². The lowest BCUT2D eigenvalue weighted by atomic mass is 9.68. The Morgan fingerprint density at radius 2 is 2.18 bits per heavy atom. The lowest BCUT2D eigenvalue weighted by molar-refractivity contribution is -0.124. The van der Waals surface area contributed by atoms with Crippen LogP contribution in [-0.2, 0) is 28.6 Å². The van der Waals surface area contributed by atoms with Crippen LogP contribution in [0.25, 0.3) is 10.9 Å². The minimum absolute atomic E-state index is 0.151. The second kappa shape index (κ2) is 7.13. The van der Waals surface area contributed by atoms with Gasteiger partial charge in [0, 0.05) is 57.3 Å². The summed E-state index contributed by atoms with van der Waals surface area (Å²) in [6.45, 7) is 3.13. The minimum Gasteiger partial charge on any atom is -0.372 e. The summed E-state index contributed by atoms with van der Waals surface area (Å²) >= 11 is 5.22. The summed E-state index contributed by atoms with van der Waals surface area (Å²) in [6, 6.07) is 6.85. The average molecular weight is 401 g/mol. The zero-order chi connectivity index (χ0) is 20.1. The molecule has 6 nitrogen and oxygen atoms in total. The van der Waals surface area contributed by atoms with E-state index in [2.05, 4.69) is 58.6 Å². The number of hydrogen-bond donors (Lipinski definition) is 2. The first-order valence-corrected chi connectivity index (χ1v) is 10.1. The standard InChI is InChI=1S/C21H28N4O2S/c1-13(26)23-20(28)22-10-14-9-21(27-4)16-6-5-7-17-19(16)15(12-24(17)2)8-18(21)25(3)11-14/h5-7,12,14,18H,8-11H2,1-4H3,(H2,22,23,26,28)/t14-,18+,21?/m0/s1. The zero-order valence-corrected chi connectivity index (χ0v) is 17.7. The van der Waals surface area contributed by atoms with Crippen molar-refractivity contribution in [2.75, 3.05) is 27.2 Å². The van der Waals surface area contributed by atoms with Gasteiger partial charge < -0.3 is 19.9 Å². The van der Waals surface area contributed by atoms with Gasteiger partial charge in [0.2, 0.25) is 5.91 Å². The summed E-state index contributed by atoms with van der Waals surface area (Å²) in [5.74, 6) is 0.204. The van der Waals surface area contributed by atoms with Gasteiger partial charge in [-0.25, -0.2) is 0 Å². The number of ether oxygens (including phenoxy) is 1. The predicted molar refractivity (Wildman–Crippen MR) is 114 cm³/mol. The smallest absolute Gasteiger partial charge is 0.222 e. The Labute approximate surface area is 171 Å². The number of likely N-dealkylation sites (N-methyl/N-ethyl adjacent to an activating group) is 1. The van der Waals surface area contributed by atoms with Crippen LogP contribution >= 0.6 is 12.2 Å². The molecule has 1 amide bonds. The number of hydrogen-bond acceptors (Lipinski definition) is 4. The van der Waals surface area contributed by atoms with Crippen molar-refractivity contribution in [1.82, 2.24) is 20.1 Å². The molecule has 1 fully saturated rings. The summed E-state index contributed by atoms with van der Waals surface area (Å²) in [7, 11) is 6.14. The van der Waals surface area contributed by atoms with Gasteiger partial charge in [0.25, 0.3) is 0 Å². The molecule has 0 radical (unpaired) electrons. The molecule has 1 aromatic heterocycles. The number of benzene rings is 1. The number of nitrogens with one attached hydrogen (secondary N) is 2. The molecule has 1 unspecified atom stereocenters. The van der Waals surface area contributed by atoms with E-state index >= 15 is 0 Å². The topological polar surface area (TPSA) is 58.5 Å². The number of piperidine rings is 1. The minimum atomic E-state index is -0.344. The molecule has 0 saturated carbocycles. The van der Waals surface area contributed by atoms with Crippen LogP contribution in [0.3, 0.4) is 0 Å². The number of amides is 1. The largest absolute Gasteiger partial charge is 0.372 e. The van der Waals surface area contributed by atoms with Crippen molar-refractivity contribution in [2.45, 2.75) is 31.4 Å². The molecule has 7 heteroatoms. The van der Waals surface area contributed by atoms with Gasteiger partial charge in [0.15, 0.2) is 5.11 Å². The van der Waals surface area contributed by atoms with E-state index in [-0.39, 0.29) is 11.5 Å². The number of thiocarbonyl (C=S) groups is 1. The molecule has 150 valence electrons. The zero-order valence-electron chi connectivity index (χ0n) is 16.9. The van der Waals surface area contributed by atoms with Crippen LogP contribution in [0.2, 0.25) is 0 Å². The van der Waals surface area contributed by atoms with Gasteiger partial charge in [-0.2, -0.15) is 0 Å². The molecular formula is C21H28N4O2S. The van der Waals surface area contributed by atoms with E-state index < -0.39 is 0 Å². The van der Waals surface area contributed by atoms with Gasteiger partial charge in [0.05, 0.1) is 0 Å². The lowest BCUT2D eigenvalue weighted by Crippen LogP contribution is -2.60. The second-order valence-electron chi connectivity index (χ2n) is 8.18. The van der Waals surface area contributed by atoms with Gasteiger partial charge in [-0.1, -0.05) is 12.1 Å². The number of aryl methyl sites for hydroxylation is 1. The number of nitrogens with zero attached hydrogens (tertiary/aromatic N) is 2. The fourth-order valence-electron chi connectivity index (χ4n) is 5.29. The molecule has 1 aliphatic carbocycles. The molecule has 0 spiro atoms. The molecule has 28 heavy (non-hydrogen) atoms. The van der Waals surface area contributed by atoms with Crippen molar-refractivity contribution >= 4 is 34.1 Å². The number of fused-ring (bicyclic) bond motifs is 2. The van der Waals surface area contributed by atoms with Crippen LogP contribution < -0.4 is 10.6 Å². The summed E-state index contributed by atoms with van der Waals surface area (Å²) in [5, 5.41) is 7.58. The highest BCUT2D eigenvalue weighted by Gasteiger charge is 2.51. The Morgan fingerprint density at radius 3 is 2.89 bits per heavy atom. The molecule has 2 aromatic rings. The van der Waals surface area contributed by atoms with Crippen LogP contribution in [-0.4, -0.2) is 53.8 Å². The molecule has 2 aliphatic rings. The van der Waals surface area contributed by atoms with Gasteiger partial charge in [0.1, 0.15) is 5.60 Å². The molecule has 2 heterocycles. The van der Waals surface area contributed by atoms with Crippen molar-refractivity contribution in [3.63, 3.8) is 0 Å². The Kier molecular flexibility index (Phi) is 4.93. The van der Waals surface area contributed by atoms with Crippen molar-refractivity contribution in [1.29, 1.82) is 0 Å². The van der Waals surface area contributed by atoms with Gasteiger partial charge >= 0.3 is 0 Å². The highest BCUT2D eigenvalue weighted by Crippen LogP contribution is 2.49. The number of carbonyl (C=O) groups is 1. The van der Waals surface area contributed by atoms with E-state index in [4.69, 9.17) is 17.0 Å². The highest BCUT2D eigenvalue weighted by molar-refractivity contribution is 7.80. The number of aromatic nitrogens is 1. The average Bonchev–Trinajstić information content (AvgIpc) is 2.97. The third-order valence-electron chi connectivity index (χ3n) is 6.38. The normalized spacial score (nSPS) is 26.7. The summed E-state index contributed by atoms with van der Waals surface area (Å²) in [6.07, 6.45) is 4.17. The monoisotopic (exact) mass is 400 g/mol. The third-order valence-corrected chi connectivity index (χ3v) is 6.62. The SMILES string of the molecule is COC12C[C@@H](CNC(=S)NC(C)=O)CN(C)[C@@H]1Cc1cn(C)c3cccc2c13. The maximum absolute atomic E-state index is 11.2. The Hall–Kier alpha value is -1.96. The molecule has 4 rings (SSSR count). The van der Waals surface area contributed by atoms with E-state index in [1.165, 1.54) is 29.0 Å². The van der Waals surface area contributed by atoms with E-state index in [1.807, 2.05) is 7.11 Å². The highest BCUT2D eigenvalue weighted by atomic mass is 32.1. The van der Waals surface area contributed by atoms with Crippen molar-refractivity contribution in [2.24, 2.45) is 13.0 Å². The van der Waals surface area contributed by atoms with Crippen LogP contribution in [0.5, 0.6) is 0 Å². The Bertz CT molecular complexity index is 940. The number of likely N-dealkylation sites (tertiary alicyclic amines) is 1. The quantitative estimate of drug-likeness (QED) is 0.771. The van der Waals surface area contributed by atoms with E-state index in [0.29, 0.717) is 23.6 Å². The molecule has 3 atom stereocenters. The fraction of sp³-hybridized carbons (Fsp3) is 0.524. The number of methoxy groups -OCH3 is 1. The molecule has 1 aromatic carbocycles. The molecule has 0 bridgehead atoms. The van der Waals surface area contributed by atoms with Gasteiger partial charge in [-0.05, 0) is 55.2 Å². The maximum Gasteiger partial charge on any atom is 0.222 e. The van der Waals surface area contributed by atoms with Gasteiger partial charge in [-0.15, -0.1) is 0 Å². The summed E-state index contributed by atoms with van der Waals surface area (Å²) in [4.78, 5) is 13.6. The molecular weight excluding hydrogens is 372 g/mol. The Morgan fingerprint density at radius 1 is 1.39 bits per heavy atom. The number of carbonyl (C=O) groups excluding carboxylic acids is 1. The van der Waals surface area contributed by atoms with Gasteiger partial charge in [-0.3, -0.25) is 9.69 Å². The van der Waals surface area contributed by atoms with E-state index in [1.54, 1.807) is 0 Å². The van der Waals surface area contributed by atoms with Crippen LogP contribution in [0, 0.1) is 5.92 Å². The Balaban J connectivity index is 1.67. The van der Waals surface area contributed by atoms with Crippen molar-refractivity contribution in [3.05, 3.63) is 35.5 Å². The van der Waals surface area contributed by atoms with E-state index in [9.17, 15) is 4.79 Å². The molecule has 1 saturated heterocycles. The predicted octanol–water partition coefficient (Wildman–Crippen LogP) is 1.91. The van der Waals surface area contributed by atoms with Crippen molar-refractivity contribution in [3.8, 4) is 0 Å². The third kappa shape index (κ3) is 3.02. The van der Waals surface area contributed by atoms with E-state index in [0.717, 1.165) is 19.4 Å². The van der Waals surface area contributed by atoms with Crippen LogP contribution in [0.4, 0.5) is 0 Å². The fourth-order valence-corrected chi connectivity index (χ4v) is 5.52. The van der Waals surface area contributed by atoms with Crippen LogP contribution in [0.15, 0.2) is 24.4 Å². The molecule has 2 N–H and O–H groups in total. The summed E-state index contributed by atoms with van der Waals surface area (Å²) < 4.78 is 8.55. The second-order valence-corrected chi connectivity index (χ2v) is 8.59. The lowest BCUT2D eigenvalue weighted by Gasteiger charge is -2.53.